The van der Waals surface area contributed by atoms with Gasteiger partial charge in [-0.3, -0.25) is 0 Å². The third-order valence-electron chi connectivity index (χ3n) is 3.53. The molecular weight excluding hydrogens is 278 g/mol. The van der Waals surface area contributed by atoms with Gasteiger partial charge in [-0.2, -0.15) is 0 Å². The van der Waals surface area contributed by atoms with Crippen LogP contribution in [0.25, 0.3) is 0 Å². The summed E-state index contributed by atoms with van der Waals surface area (Å²) in [6.07, 6.45) is 1.78. The summed E-state index contributed by atoms with van der Waals surface area (Å²) in [6.45, 7) is 0.689. The number of rotatable bonds is 3. The molecule has 1 aliphatic heterocycles. The highest BCUT2D eigenvalue weighted by Crippen LogP contribution is 2.28. The van der Waals surface area contributed by atoms with Crippen LogP contribution in [0.5, 0.6) is 0 Å². The van der Waals surface area contributed by atoms with Gasteiger partial charge in [-0.25, -0.2) is 4.79 Å². The third-order valence-corrected chi connectivity index (χ3v) is 3.83. The molecule has 110 valence electrons. The Morgan fingerprint density at radius 2 is 2.30 bits per heavy atom. The standard InChI is InChI=1S/C14H20ClN3O2/c1-17(2)13-6-5-10(8-12(13)15)16-14(20)18-7-3-4-11(18)9-19/h5-6,8,11,19H,3-4,7,9H2,1-2H3,(H,16,20). The van der Waals surface area contributed by atoms with E-state index in [-0.39, 0.29) is 18.7 Å². The molecule has 1 fully saturated rings. The van der Waals surface area contributed by atoms with Crippen LogP contribution in [-0.2, 0) is 0 Å². The van der Waals surface area contributed by atoms with Gasteiger partial charge in [-0.15, -0.1) is 0 Å². The Hall–Kier alpha value is -1.46. The van der Waals surface area contributed by atoms with Gasteiger partial charge in [-0.05, 0) is 31.0 Å². The molecule has 0 bridgehead atoms. The van der Waals surface area contributed by atoms with Crippen molar-refractivity contribution in [2.24, 2.45) is 0 Å². The molecular formula is C14H20ClN3O2. The first-order chi connectivity index (χ1) is 9.52. The lowest BCUT2D eigenvalue weighted by Gasteiger charge is -2.23. The van der Waals surface area contributed by atoms with Gasteiger partial charge in [0.25, 0.3) is 0 Å². The minimum absolute atomic E-state index is 0.00768. The second-order valence-corrected chi connectivity index (χ2v) is 5.57. The van der Waals surface area contributed by atoms with E-state index in [0.717, 1.165) is 18.5 Å². The number of hydrogen-bond acceptors (Lipinski definition) is 3. The number of amides is 2. The van der Waals surface area contributed by atoms with E-state index in [0.29, 0.717) is 17.3 Å². The number of likely N-dealkylation sites (tertiary alicyclic amines) is 1. The second-order valence-electron chi connectivity index (χ2n) is 5.16. The van der Waals surface area contributed by atoms with Crippen LogP contribution in [0.15, 0.2) is 18.2 Å². The van der Waals surface area contributed by atoms with Crippen LogP contribution in [0.1, 0.15) is 12.8 Å². The molecule has 2 rings (SSSR count). The van der Waals surface area contributed by atoms with Gasteiger partial charge >= 0.3 is 6.03 Å². The fourth-order valence-corrected chi connectivity index (χ4v) is 2.79. The smallest absolute Gasteiger partial charge is 0.322 e. The molecule has 1 unspecified atom stereocenters. The summed E-state index contributed by atoms with van der Waals surface area (Å²) in [4.78, 5) is 15.8. The van der Waals surface area contributed by atoms with Crippen LogP contribution >= 0.6 is 11.6 Å². The molecule has 6 heteroatoms. The number of carbonyl (C=O) groups is 1. The highest BCUT2D eigenvalue weighted by molar-refractivity contribution is 6.33. The molecule has 1 atom stereocenters. The van der Waals surface area contributed by atoms with Crippen molar-refractivity contribution in [1.82, 2.24) is 4.90 Å². The maximum Gasteiger partial charge on any atom is 0.322 e. The van der Waals surface area contributed by atoms with E-state index in [1.807, 2.05) is 31.1 Å². The number of benzene rings is 1. The average molecular weight is 298 g/mol. The largest absolute Gasteiger partial charge is 0.394 e. The number of urea groups is 1. The lowest BCUT2D eigenvalue weighted by molar-refractivity contribution is 0.166. The fraction of sp³-hybridized carbons (Fsp3) is 0.500. The summed E-state index contributed by atoms with van der Waals surface area (Å²) in [7, 11) is 3.82. The van der Waals surface area contributed by atoms with Gasteiger partial charge in [0.1, 0.15) is 0 Å². The Balaban J connectivity index is 2.06. The van der Waals surface area contributed by atoms with E-state index in [9.17, 15) is 9.90 Å². The number of halogens is 1. The van der Waals surface area contributed by atoms with Gasteiger partial charge in [0.15, 0.2) is 0 Å². The Kier molecular flexibility index (Phi) is 4.73. The predicted octanol–water partition coefficient (Wildman–Crippen LogP) is 2.39. The van der Waals surface area contributed by atoms with Crippen LogP contribution in [0.4, 0.5) is 16.2 Å². The molecule has 2 amide bonds. The van der Waals surface area contributed by atoms with Crippen molar-refractivity contribution in [2.75, 3.05) is 37.5 Å². The van der Waals surface area contributed by atoms with Crippen molar-refractivity contribution in [3.63, 3.8) is 0 Å². The maximum atomic E-state index is 12.2. The lowest BCUT2D eigenvalue weighted by atomic mass is 10.2. The molecule has 0 aromatic heterocycles. The number of anilines is 2. The van der Waals surface area contributed by atoms with E-state index in [4.69, 9.17) is 11.6 Å². The van der Waals surface area contributed by atoms with Crippen molar-refractivity contribution < 1.29 is 9.90 Å². The van der Waals surface area contributed by atoms with Crippen molar-refractivity contribution in [3.8, 4) is 0 Å². The Morgan fingerprint density at radius 3 is 2.90 bits per heavy atom. The van der Waals surface area contributed by atoms with Crippen molar-refractivity contribution in [3.05, 3.63) is 23.2 Å². The highest BCUT2D eigenvalue weighted by Gasteiger charge is 2.28. The molecule has 1 aromatic rings. The Bertz CT molecular complexity index is 493. The zero-order valence-electron chi connectivity index (χ0n) is 11.8. The third kappa shape index (κ3) is 3.16. The summed E-state index contributed by atoms with van der Waals surface area (Å²) >= 11 is 6.18. The fourth-order valence-electron chi connectivity index (χ4n) is 2.44. The average Bonchev–Trinajstić information content (AvgIpc) is 2.86. The predicted molar refractivity (Wildman–Crippen MR) is 81.6 cm³/mol. The van der Waals surface area contributed by atoms with Crippen molar-refractivity contribution >= 4 is 29.0 Å². The van der Waals surface area contributed by atoms with E-state index >= 15 is 0 Å². The summed E-state index contributed by atoms with van der Waals surface area (Å²) in [5, 5.41) is 12.7. The molecule has 20 heavy (non-hydrogen) atoms. The first-order valence-corrected chi connectivity index (χ1v) is 7.06. The number of aliphatic hydroxyl groups excluding tert-OH is 1. The Morgan fingerprint density at radius 1 is 1.55 bits per heavy atom. The minimum atomic E-state index is -0.185. The number of aliphatic hydroxyl groups is 1. The maximum absolute atomic E-state index is 12.2. The van der Waals surface area contributed by atoms with E-state index in [1.54, 1.807) is 11.0 Å². The molecule has 1 aliphatic rings. The van der Waals surface area contributed by atoms with Crippen LogP contribution in [-0.4, -0.2) is 49.3 Å². The van der Waals surface area contributed by atoms with Crippen LogP contribution in [0.2, 0.25) is 5.02 Å². The summed E-state index contributed by atoms with van der Waals surface area (Å²) < 4.78 is 0. The first kappa shape index (κ1) is 14.9. The molecule has 0 spiro atoms. The molecule has 1 aromatic carbocycles. The van der Waals surface area contributed by atoms with Crippen molar-refractivity contribution in [1.29, 1.82) is 0 Å². The number of carbonyl (C=O) groups excluding carboxylic acids is 1. The normalized spacial score (nSPS) is 18.2. The zero-order chi connectivity index (χ0) is 14.7. The lowest BCUT2D eigenvalue weighted by Crippen LogP contribution is -2.40. The first-order valence-electron chi connectivity index (χ1n) is 6.68. The summed E-state index contributed by atoms with van der Waals surface area (Å²) in [5.74, 6) is 0. The topological polar surface area (TPSA) is 55.8 Å². The van der Waals surface area contributed by atoms with E-state index in [1.165, 1.54) is 0 Å². The van der Waals surface area contributed by atoms with Gasteiger partial charge in [0, 0.05) is 26.3 Å². The Labute approximate surface area is 124 Å². The van der Waals surface area contributed by atoms with Gasteiger partial charge in [0.2, 0.25) is 0 Å². The summed E-state index contributed by atoms with van der Waals surface area (Å²) in [5.41, 5.74) is 1.56. The minimum Gasteiger partial charge on any atom is -0.394 e. The number of nitrogens with one attached hydrogen (secondary N) is 1. The van der Waals surface area contributed by atoms with Crippen LogP contribution in [0.3, 0.4) is 0 Å². The van der Waals surface area contributed by atoms with Crippen LogP contribution in [0, 0.1) is 0 Å². The number of nitrogens with zero attached hydrogens (tertiary/aromatic N) is 2. The monoisotopic (exact) mass is 297 g/mol. The highest BCUT2D eigenvalue weighted by atomic mass is 35.5. The molecule has 1 saturated heterocycles. The number of hydrogen-bond donors (Lipinski definition) is 2. The molecule has 0 aliphatic carbocycles. The summed E-state index contributed by atoms with van der Waals surface area (Å²) in [6, 6.07) is 5.16. The van der Waals surface area contributed by atoms with Crippen LogP contribution < -0.4 is 10.2 Å². The van der Waals surface area contributed by atoms with Gasteiger partial charge in [0.05, 0.1) is 23.4 Å². The molecule has 2 N–H and O–H groups in total. The molecule has 1 heterocycles. The van der Waals surface area contributed by atoms with Crippen molar-refractivity contribution in [2.45, 2.75) is 18.9 Å². The van der Waals surface area contributed by atoms with Gasteiger partial charge < -0.3 is 20.2 Å². The SMILES string of the molecule is CN(C)c1ccc(NC(=O)N2CCCC2CO)cc1Cl. The molecule has 0 radical (unpaired) electrons. The quantitative estimate of drug-likeness (QED) is 0.901. The zero-order valence-corrected chi connectivity index (χ0v) is 12.5. The van der Waals surface area contributed by atoms with Gasteiger partial charge in [-0.1, -0.05) is 11.6 Å². The van der Waals surface area contributed by atoms with E-state index in [2.05, 4.69) is 5.32 Å². The second kappa shape index (κ2) is 6.33. The molecule has 0 saturated carbocycles. The van der Waals surface area contributed by atoms with E-state index < -0.39 is 0 Å². The molecule has 5 nitrogen and oxygen atoms in total.